The highest BCUT2D eigenvalue weighted by Gasteiger charge is 2.13. The smallest absolute Gasteiger partial charge is 0.316 e. The van der Waals surface area contributed by atoms with Crippen LogP contribution in [0.5, 0.6) is 0 Å². The number of rotatable bonds is 3. The quantitative estimate of drug-likeness (QED) is 0.808. The number of hydrogen-bond acceptors (Lipinski definition) is 2. The molecule has 2 amide bonds. The summed E-state index contributed by atoms with van der Waals surface area (Å²) in [6, 6.07) is 14.9. The third-order valence-corrected chi connectivity index (χ3v) is 2.47. The maximum atomic E-state index is 12.3. The Kier molecular flexibility index (Phi) is 3.38. The van der Waals surface area contributed by atoms with Gasteiger partial charge in [-0.2, -0.15) is 0 Å². The lowest BCUT2D eigenvalue weighted by molar-refractivity contribution is 0.103. The minimum absolute atomic E-state index is 0.153. The molecule has 18 heavy (non-hydrogen) atoms. The van der Waals surface area contributed by atoms with E-state index in [-0.39, 0.29) is 5.78 Å². The van der Waals surface area contributed by atoms with Gasteiger partial charge in [-0.05, 0) is 12.1 Å². The zero-order valence-electron chi connectivity index (χ0n) is 9.59. The van der Waals surface area contributed by atoms with E-state index in [4.69, 9.17) is 5.73 Å². The molecule has 0 saturated heterocycles. The highest BCUT2D eigenvalue weighted by Crippen LogP contribution is 2.18. The Morgan fingerprint density at radius 3 is 2.17 bits per heavy atom. The first kappa shape index (κ1) is 11.9. The SMILES string of the molecule is NC(=O)Nc1ccccc1C(=O)c1ccccc1. The van der Waals surface area contributed by atoms with Crippen molar-refractivity contribution in [1.29, 1.82) is 0 Å². The second-order valence-corrected chi connectivity index (χ2v) is 3.73. The number of urea groups is 1. The number of hydrogen-bond donors (Lipinski definition) is 2. The van der Waals surface area contributed by atoms with Crippen molar-refractivity contribution in [3.8, 4) is 0 Å². The van der Waals surface area contributed by atoms with Crippen LogP contribution in [0.25, 0.3) is 0 Å². The van der Waals surface area contributed by atoms with Crippen LogP contribution in [0, 0.1) is 0 Å². The van der Waals surface area contributed by atoms with Gasteiger partial charge in [0.25, 0.3) is 0 Å². The summed E-state index contributed by atoms with van der Waals surface area (Å²) in [7, 11) is 0. The van der Waals surface area contributed by atoms with Gasteiger partial charge >= 0.3 is 6.03 Å². The third-order valence-electron chi connectivity index (χ3n) is 2.47. The average molecular weight is 240 g/mol. The summed E-state index contributed by atoms with van der Waals surface area (Å²) in [6.07, 6.45) is 0. The summed E-state index contributed by atoms with van der Waals surface area (Å²) in [5, 5.41) is 2.44. The molecular formula is C14H12N2O2. The molecule has 0 saturated carbocycles. The molecule has 3 N–H and O–H groups in total. The van der Waals surface area contributed by atoms with Crippen molar-refractivity contribution in [2.24, 2.45) is 5.73 Å². The molecule has 4 heteroatoms. The Balaban J connectivity index is 2.39. The summed E-state index contributed by atoms with van der Waals surface area (Å²) < 4.78 is 0. The number of nitrogens with two attached hydrogens (primary N) is 1. The van der Waals surface area contributed by atoms with Crippen LogP contribution in [0.4, 0.5) is 10.5 Å². The van der Waals surface area contributed by atoms with Crippen LogP contribution in [-0.2, 0) is 0 Å². The lowest BCUT2D eigenvalue weighted by Crippen LogP contribution is -2.21. The number of benzene rings is 2. The molecule has 0 heterocycles. The highest BCUT2D eigenvalue weighted by molar-refractivity contribution is 6.13. The second kappa shape index (κ2) is 5.14. The summed E-state index contributed by atoms with van der Waals surface area (Å²) in [5.41, 5.74) is 6.47. The molecule has 0 aliphatic heterocycles. The van der Waals surface area contributed by atoms with Crippen LogP contribution in [0.3, 0.4) is 0 Å². The zero-order chi connectivity index (χ0) is 13.0. The van der Waals surface area contributed by atoms with E-state index < -0.39 is 6.03 Å². The summed E-state index contributed by atoms with van der Waals surface area (Å²) >= 11 is 0. The van der Waals surface area contributed by atoms with E-state index in [9.17, 15) is 9.59 Å². The number of amides is 2. The van der Waals surface area contributed by atoms with Gasteiger partial charge in [0.05, 0.1) is 5.69 Å². The van der Waals surface area contributed by atoms with Gasteiger partial charge in [-0.3, -0.25) is 4.79 Å². The summed E-state index contributed by atoms with van der Waals surface area (Å²) in [5.74, 6) is -0.153. The molecule has 0 fully saturated rings. The zero-order valence-corrected chi connectivity index (χ0v) is 9.59. The van der Waals surface area contributed by atoms with Crippen LogP contribution >= 0.6 is 0 Å². The molecule has 2 rings (SSSR count). The first-order valence-electron chi connectivity index (χ1n) is 5.43. The van der Waals surface area contributed by atoms with E-state index in [0.29, 0.717) is 16.8 Å². The minimum atomic E-state index is -0.691. The molecular weight excluding hydrogens is 228 g/mol. The van der Waals surface area contributed by atoms with Crippen molar-refractivity contribution in [2.45, 2.75) is 0 Å². The first-order chi connectivity index (χ1) is 8.68. The van der Waals surface area contributed by atoms with Crippen LogP contribution in [0.15, 0.2) is 54.6 Å². The van der Waals surface area contributed by atoms with Gasteiger partial charge in [-0.25, -0.2) is 4.79 Å². The number of ketones is 1. The predicted octanol–water partition coefficient (Wildman–Crippen LogP) is 2.41. The molecule has 0 unspecified atom stereocenters. The van der Waals surface area contributed by atoms with Crippen molar-refractivity contribution >= 4 is 17.5 Å². The molecule has 4 nitrogen and oxygen atoms in total. The van der Waals surface area contributed by atoms with Crippen LogP contribution < -0.4 is 11.1 Å². The molecule has 0 radical (unpaired) electrons. The van der Waals surface area contributed by atoms with Crippen LogP contribution in [0.1, 0.15) is 15.9 Å². The largest absolute Gasteiger partial charge is 0.351 e. The molecule has 0 spiro atoms. The van der Waals surface area contributed by atoms with Gasteiger partial charge in [0.15, 0.2) is 5.78 Å². The summed E-state index contributed by atoms with van der Waals surface area (Å²) in [6.45, 7) is 0. The highest BCUT2D eigenvalue weighted by atomic mass is 16.2. The lowest BCUT2D eigenvalue weighted by Gasteiger charge is -2.08. The maximum Gasteiger partial charge on any atom is 0.316 e. The Morgan fingerprint density at radius 2 is 1.50 bits per heavy atom. The molecule has 90 valence electrons. The molecule has 0 aromatic heterocycles. The van der Waals surface area contributed by atoms with Gasteiger partial charge < -0.3 is 11.1 Å². The fourth-order valence-corrected chi connectivity index (χ4v) is 1.67. The van der Waals surface area contributed by atoms with Gasteiger partial charge in [0.1, 0.15) is 0 Å². The number of anilines is 1. The monoisotopic (exact) mass is 240 g/mol. The number of nitrogens with one attached hydrogen (secondary N) is 1. The van der Waals surface area contributed by atoms with Crippen LogP contribution in [0.2, 0.25) is 0 Å². The van der Waals surface area contributed by atoms with Crippen molar-refractivity contribution in [1.82, 2.24) is 0 Å². The predicted molar refractivity (Wildman–Crippen MR) is 69.5 cm³/mol. The van der Waals surface area contributed by atoms with E-state index in [1.807, 2.05) is 6.07 Å². The van der Waals surface area contributed by atoms with Gasteiger partial charge in [0, 0.05) is 11.1 Å². The third kappa shape index (κ3) is 2.55. The Labute approximate surface area is 104 Å². The molecule has 0 bridgehead atoms. The van der Waals surface area contributed by atoms with Crippen molar-refractivity contribution in [3.05, 3.63) is 65.7 Å². The maximum absolute atomic E-state index is 12.3. The number of para-hydroxylation sites is 1. The summed E-state index contributed by atoms with van der Waals surface area (Å²) in [4.78, 5) is 23.1. The standard InChI is InChI=1S/C14H12N2O2/c15-14(18)16-12-9-5-4-8-11(12)13(17)10-6-2-1-3-7-10/h1-9H,(H3,15,16,18). The fraction of sp³-hybridized carbons (Fsp3) is 0. The normalized spacial score (nSPS) is 9.78. The van der Waals surface area contributed by atoms with E-state index in [1.54, 1.807) is 48.5 Å². The van der Waals surface area contributed by atoms with E-state index in [1.165, 1.54) is 0 Å². The lowest BCUT2D eigenvalue weighted by atomic mass is 10.0. The number of carbonyl (C=O) groups is 2. The van der Waals surface area contributed by atoms with Crippen molar-refractivity contribution in [3.63, 3.8) is 0 Å². The number of primary amides is 1. The van der Waals surface area contributed by atoms with E-state index >= 15 is 0 Å². The molecule has 0 aliphatic rings. The second-order valence-electron chi connectivity index (χ2n) is 3.73. The Morgan fingerprint density at radius 1 is 0.889 bits per heavy atom. The Bertz CT molecular complexity index is 579. The van der Waals surface area contributed by atoms with E-state index in [2.05, 4.69) is 5.32 Å². The fourth-order valence-electron chi connectivity index (χ4n) is 1.67. The van der Waals surface area contributed by atoms with E-state index in [0.717, 1.165) is 0 Å². The van der Waals surface area contributed by atoms with Gasteiger partial charge in [0.2, 0.25) is 0 Å². The van der Waals surface area contributed by atoms with Gasteiger partial charge in [-0.15, -0.1) is 0 Å². The first-order valence-corrected chi connectivity index (χ1v) is 5.43. The average Bonchev–Trinajstić information content (AvgIpc) is 2.39. The van der Waals surface area contributed by atoms with Crippen LogP contribution in [-0.4, -0.2) is 11.8 Å². The molecule has 0 atom stereocenters. The molecule has 0 aliphatic carbocycles. The molecule has 2 aromatic carbocycles. The Hall–Kier alpha value is -2.62. The molecule has 2 aromatic rings. The van der Waals surface area contributed by atoms with Crippen molar-refractivity contribution in [2.75, 3.05) is 5.32 Å². The van der Waals surface area contributed by atoms with Gasteiger partial charge in [-0.1, -0.05) is 42.5 Å². The number of carbonyl (C=O) groups excluding carboxylic acids is 2. The van der Waals surface area contributed by atoms with Crippen molar-refractivity contribution < 1.29 is 9.59 Å². The topological polar surface area (TPSA) is 72.2 Å². The minimum Gasteiger partial charge on any atom is -0.351 e.